The molecule has 0 atom stereocenters. The Kier molecular flexibility index (Phi) is 5.84. The summed E-state index contributed by atoms with van der Waals surface area (Å²) in [6.07, 6.45) is 3.02. The maximum Gasteiger partial charge on any atom is 0.265 e. The molecule has 0 aliphatic heterocycles. The van der Waals surface area contributed by atoms with Crippen molar-refractivity contribution in [1.29, 1.82) is 0 Å². The Morgan fingerprint density at radius 1 is 0.857 bits per heavy atom. The second kappa shape index (κ2) is 8.66. The predicted molar refractivity (Wildman–Crippen MR) is 112 cm³/mol. The molecule has 2 amide bonds. The minimum absolute atomic E-state index is 0.262. The molecule has 0 spiro atoms. The summed E-state index contributed by atoms with van der Waals surface area (Å²) in [7, 11) is 0. The second-order valence-electron chi connectivity index (χ2n) is 6.04. The van der Waals surface area contributed by atoms with E-state index >= 15 is 0 Å². The van der Waals surface area contributed by atoms with Crippen molar-refractivity contribution in [3.8, 4) is 0 Å². The Balaban J connectivity index is 1.64. The molecule has 3 rings (SSSR count). The minimum atomic E-state index is -0.354. The molecule has 0 saturated carbocycles. The number of rotatable bonds is 5. The van der Waals surface area contributed by atoms with Crippen molar-refractivity contribution in [2.75, 3.05) is 16.1 Å². The molecule has 0 aromatic heterocycles. The summed E-state index contributed by atoms with van der Waals surface area (Å²) in [4.78, 5) is 24.5. The van der Waals surface area contributed by atoms with Crippen molar-refractivity contribution in [1.82, 2.24) is 0 Å². The average molecular weight is 372 g/mol. The zero-order chi connectivity index (χ0) is 19.9. The molecule has 140 valence electrons. The van der Waals surface area contributed by atoms with Crippen molar-refractivity contribution >= 4 is 35.0 Å². The monoisotopic (exact) mass is 372 g/mol. The van der Waals surface area contributed by atoms with Crippen LogP contribution < -0.4 is 21.9 Å². The molecular weight excluding hydrogens is 352 g/mol. The van der Waals surface area contributed by atoms with Crippen LogP contribution in [-0.4, -0.2) is 11.8 Å². The van der Waals surface area contributed by atoms with E-state index in [2.05, 4.69) is 5.32 Å². The number of para-hydroxylation sites is 3. The first-order chi connectivity index (χ1) is 13.5. The summed E-state index contributed by atoms with van der Waals surface area (Å²) >= 11 is 0. The lowest BCUT2D eigenvalue weighted by atomic mass is 10.1. The van der Waals surface area contributed by atoms with E-state index in [1.54, 1.807) is 78.9 Å². The SMILES string of the molecule is Nc1ccccc1NC(=O)c1ccc(C=CC(=O)N(N)c2ccccc2)cc1. The lowest BCUT2D eigenvalue weighted by Crippen LogP contribution is -2.36. The lowest BCUT2D eigenvalue weighted by Gasteiger charge is -2.14. The zero-order valence-corrected chi connectivity index (χ0v) is 15.1. The van der Waals surface area contributed by atoms with Gasteiger partial charge in [-0.2, -0.15) is 0 Å². The number of amides is 2. The first kappa shape index (κ1) is 18.9. The Hall–Kier alpha value is -3.90. The highest BCUT2D eigenvalue weighted by Gasteiger charge is 2.09. The fourth-order valence-corrected chi connectivity index (χ4v) is 2.51. The summed E-state index contributed by atoms with van der Waals surface area (Å²) < 4.78 is 0. The summed E-state index contributed by atoms with van der Waals surface area (Å²) in [6.45, 7) is 0. The van der Waals surface area contributed by atoms with Gasteiger partial charge in [0.05, 0.1) is 17.1 Å². The zero-order valence-electron chi connectivity index (χ0n) is 15.1. The molecule has 0 unspecified atom stereocenters. The van der Waals surface area contributed by atoms with Gasteiger partial charge in [0.2, 0.25) is 0 Å². The molecule has 0 bridgehead atoms. The van der Waals surface area contributed by atoms with E-state index in [9.17, 15) is 9.59 Å². The normalized spacial score (nSPS) is 10.6. The van der Waals surface area contributed by atoms with Crippen molar-refractivity contribution in [3.63, 3.8) is 0 Å². The summed E-state index contributed by atoms with van der Waals surface area (Å²) in [5.74, 6) is 5.21. The number of hydrogen-bond donors (Lipinski definition) is 3. The second-order valence-corrected chi connectivity index (χ2v) is 6.04. The minimum Gasteiger partial charge on any atom is -0.397 e. The number of anilines is 3. The number of nitrogens with one attached hydrogen (secondary N) is 1. The molecule has 28 heavy (non-hydrogen) atoms. The molecule has 3 aromatic rings. The maximum atomic E-state index is 12.3. The number of hydrogen-bond acceptors (Lipinski definition) is 4. The fourth-order valence-electron chi connectivity index (χ4n) is 2.51. The third-order valence-electron chi connectivity index (χ3n) is 4.07. The van der Waals surface area contributed by atoms with Gasteiger partial charge in [-0.05, 0) is 48.0 Å². The van der Waals surface area contributed by atoms with E-state index < -0.39 is 0 Å². The number of carbonyl (C=O) groups is 2. The first-order valence-corrected chi connectivity index (χ1v) is 8.62. The van der Waals surface area contributed by atoms with Crippen LogP contribution in [0.15, 0.2) is 84.9 Å². The lowest BCUT2D eigenvalue weighted by molar-refractivity contribution is -0.114. The third kappa shape index (κ3) is 4.63. The molecule has 6 heteroatoms. The topological polar surface area (TPSA) is 101 Å². The van der Waals surface area contributed by atoms with Gasteiger partial charge in [0, 0.05) is 11.6 Å². The number of nitrogen functional groups attached to an aromatic ring is 1. The van der Waals surface area contributed by atoms with Crippen molar-refractivity contribution in [2.24, 2.45) is 5.84 Å². The Labute approximate surface area is 163 Å². The van der Waals surface area contributed by atoms with E-state index in [0.717, 1.165) is 10.6 Å². The van der Waals surface area contributed by atoms with Gasteiger partial charge in [-0.1, -0.05) is 42.5 Å². The quantitative estimate of drug-likeness (QED) is 0.210. The van der Waals surface area contributed by atoms with Crippen LogP contribution >= 0.6 is 0 Å². The smallest absolute Gasteiger partial charge is 0.265 e. The maximum absolute atomic E-state index is 12.3. The molecule has 0 aliphatic rings. The summed E-state index contributed by atoms with van der Waals surface area (Å²) in [6, 6.07) is 22.9. The molecule has 0 radical (unpaired) electrons. The van der Waals surface area contributed by atoms with Gasteiger partial charge in [-0.3, -0.25) is 9.59 Å². The molecule has 0 aliphatic carbocycles. The molecule has 6 nitrogen and oxygen atoms in total. The number of nitrogens with two attached hydrogens (primary N) is 2. The number of hydrazine groups is 1. The van der Waals surface area contributed by atoms with Crippen LogP contribution in [-0.2, 0) is 4.79 Å². The van der Waals surface area contributed by atoms with Crippen LogP contribution in [0.2, 0.25) is 0 Å². The molecule has 0 saturated heterocycles. The average Bonchev–Trinajstić information content (AvgIpc) is 2.74. The van der Waals surface area contributed by atoms with E-state index in [1.807, 2.05) is 6.07 Å². The van der Waals surface area contributed by atoms with E-state index in [0.29, 0.717) is 22.6 Å². The van der Waals surface area contributed by atoms with Gasteiger partial charge in [-0.25, -0.2) is 10.9 Å². The first-order valence-electron chi connectivity index (χ1n) is 8.62. The molecule has 0 fully saturated rings. The molecular formula is C22H20N4O2. The van der Waals surface area contributed by atoms with Crippen molar-refractivity contribution in [3.05, 3.63) is 96.1 Å². The Bertz CT molecular complexity index is 999. The van der Waals surface area contributed by atoms with Crippen LogP contribution in [0.3, 0.4) is 0 Å². The van der Waals surface area contributed by atoms with Crippen LogP contribution in [0.1, 0.15) is 15.9 Å². The van der Waals surface area contributed by atoms with E-state index in [1.165, 1.54) is 6.08 Å². The standard InChI is InChI=1S/C22H20N4O2/c23-19-8-4-5-9-20(19)25-22(28)17-13-10-16(11-14-17)12-15-21(27)26(24)18-6-2-1-3-7-18/h1-15H,23-24H2,(H,25,28). The highest BCUT2D eigenvalue weighted by atomic mass is 16.2. The van der Waals surface area contributed by atoms with Gasteiger partial charge in [0.15, 0.2) is 0 Å². The van der Waals surface area contributed by atoms with Gasteiger partial charge < -0.3 is 11.1 Å². The highest BCUT2D eigenvalue weighted by molar-refractivity contribution is 6.06. The summed E-state index contributed by atoms with van der Waals surface area (Å²) in [5.41, 5.74) is 8.75. The van der Waals surface area contributed by atoms with Crippen LogP contribution in [0, 0.1) is 0 Å². The van der Waals surface area contributed by atoms with Crippen LogP contribution in [0.25, 0.3) is 6.08 Å². The fraction of sp³-hybridized carbons (Fsp3) is 0. The van der Waals surface area contributed by atoms with Gasteiger partial charge >= 0.3 is 0 Å². The van der Waals surface area contributed by atoms with E-state index in [-0.39, 0.29) is 11.8 Å². The molecule has 3 aromatic carbocycles. The Morgan fingerprint density at radius 3 is 2.18 bits per heavy atom. The van der Waals surface area contributed by atoms with Crippen LogP contribution in [0.4, 0.5) is 17.1 Å². The number of benzene rings is 3. The highest BCUT2D eigenvalue weighted by Crippen LogP contribution is 2.18. The summed E-state index contributed by atoms with van der Waals surface area (Å²) in [5, 5.41) is 3.84. The van der Waals surface area contributed by atoms with Crippen molar-refractivity contribution in [2.45, 2.75) is 0 Å². The largest absolute Gasteiger partial charge is 0.397 e. The van der Waals surface area contributed by atoms with Crippen molar-refractivity contribution < 1.29 is 9.59 Å². The number of nitrogens with zero attached hydrogens (tertiary/aromatic N) is 1. The number of carbonyl (C=O) groups excluding carboxylic acids is 2. The van der Waals surface area contributed by atoms with Gasteiger partial charge in [0.1, 0.15) is 0 Å². The Morgan fingerprint density at radius 2 is 1.50 bits per heavy atom. The third-order valence-corrected chi connectivity index (χ3v) is 4.07. The predicted octanol–water partition coefficient (Wildman–Crippen LogP) is 3.44. The van der Waals surface area contributed by atoms with E-state index in [4.69, 9.17) is 11.6 Å². The van der Waals surface area contributed by atoms with Gasteiger partial charge in [0.25, 0.3) is 11.8 Å². The molecule has 5 N–H and O–H groups in total. The van der Waals surface area contributed by atoms with Gasteiger partial charge in [-0.15, -0.1) is 0 Å². The van der Waals surface area contributed by atoms with Crippen LogP contribution in [0.5, 0.6) is 0 Å². The molecule has 0 heterocycles.